The molecule has 0 aliphatic carbocycles. The molecule has 3 heterocycles. The number of amides is 1. The van der Waals surface area contributed by atoms with Crippen LogP contribution in [0.4, 0.5) is 11.5 Å². The third-order valence-electron chi connectivity index (χ3n) is 4.88. The fourth-order valence-electron chi connectivity index (χ4n) is 3.49. The van der Waals surface area contributed by atoms with Gasteiger partial charge in [0.15, 0.2) is 0 Å². The number of morpholine rings is 1. The summed E-state index contributed by atoms with van der Waals surface area (Å²) in [6.45, 7) is 2.68. The minimum atomic E-state index is -0.629. The van der Waals surface area contributed by atoms with Crippen LogP contribution in [0, 0.1) is 11.3 Å². The summed E-state index contributed by atoms with van der Waals surface area (Å²) in [4.78, 5) is 20.8. The molecule has 7 nitrogen and oxygen atoms in total. The van der Waals surface area contributed by atoms with Crippen LogP contribution in [-0.2, 0) is 14.3 Å². The highest BCUT2D eigenvalue weighted by molar-refractivity contribution is 5.95. The van der Waals surface area contributed by atoms with Crippen LogP contribution < -0.4 is 9.80 Å². The van der Waals surface area contributed by atoms with Crippen LogP contribution in [0.1, 0.15) is 5.56 Å². The van der Waals surface area contributed by atoms with E-state index in [1.165, 1.54) is 0 Å². The van der Waals surface area contributed by atoms with Gasteiger partial charge in [-0.1, -0.05) is 6.07 Å². The number of hydrogen-bond donors (Lipinski definition) is 0. The molecule has 2 aliphatic rings. The molecule has 138 valence electrons. The van der Waals surface area contributed by atoms with Crippen molar-refractivity contribution in [3.63, 3.8) is 0 Å². The predicted molar refractivity (Wildman–Crippen MR) is 99.5 cm³/mol. The van der Waals surface area contributed by atoms with Gasteiger partial charge in [0.25, 0.3) is 5.91 Å². The first-order chi connectivity index (χ1) is 13.2. The number of ether oxygens (including phenoxy) is 2. The van der Waals surface area contributed by atoms with Gasteiger partial charge in [0.2, 0.25) is 0 Å². The Kier molecular flexibility index (Phi) is 4.75. The first kappa shape index (κ1) is 17.5. The smallest absolute Gasteiger partial charge is 0.253 e. The van der Waals surface area contributed by atoms with E-state index in [2.05, 4.69) is 16.0 Å². The largest absolute Gasteiger partial charge is 0.376 e. The highest BCUT2D eigenvalue weighted by atomic mass is 16.6. The summed E-state index contributed by atoms with van der Waals surface area (Å²) in [5, 5.41) is 8.98. The van der Waals surface area contributed by atoms with Crippen LogP contribution in [0.15, 0.2) is 48.7 Å². The lowest BCUT2D eigenvalue weighted by Crippen LogP contribution is -2.61. The summed E-state index contributed by atoms with van der Waals surface area (Å²) in [6.07, 6.45) is 1.77. The van der Waals surface area contributed by atoms with E-state index in [-0.39, 0.29) is 12.5 Å². The van der Waals surface area contributed by atoms with Crippen molar-refractivity contribution in [2.24, 2.45) is 0 Å². The maximum Gasteiger partial charge on any atom is 0.253 e. The van der Waals surface area contributed by atoms with Crippen molar-refractivity contribution in [2.75, 3.05) is 49.3 Å². The van der Waals surface area contributed by atoms with Gasteiger partial charge in [-0.3, -0.25) is 4.79 Å². The zero-order valence-electron chi connectivity index (χ0n) is 14.9. The average molecular weight is 364 g/mol. The molecule has 2 aliphatic heterocycles. The van der Waals surface area contributed by atoms with Crippen LogP contribution in [0.5, 0.6) is 0 Å². The van der Waals surface area contributed by atoms with Crippen molar-refractivity contribution in [3.8, 4) is 6.07 Å². The van der Waals surface area contributed by atoms with E-state index < -0.39 is 5.60 Å². The number of rotatable bonds is 2. The Labute approximate surface area is 157 Å². The van der Waals surface area contributed by atoms with E-state index in [1.807, 2.05) is 18.2 Å². The molecule has 1 unspecified atom stereocenters. The third kappa shape index (κ3) is 3.63. The van der Waals surface area contributed by atoms with Gasteiger partial charge in [-0.2, -0.15) is 5.26 Å². The van der Waals surface area contributed by atoms with Gasteiger partial charge in [0.05, 0.1) is 37.9 Å². The Morgan fingerprint density at radius 3 is 2.74 bits per heavy atom. The van der Waals surface area contributed by atoms with Gasteiger partial charge in [-0.25, -0.2) is 4.98 Å². The number of nitrogens with zero attached hydrogens (tertiary/aromatic N) is 4. The van der Waals surface area contributed by atoms with Crippen molar-refractivity contribution in [2.45, 2.75) is 5.60 Å². The molecule has 4 rings (SSSR count). The van der Waals surface area contributed by atoms with Gasteiger partial charge in [0.1, 0.15) is 18.0 Å². The first-order valence-electron chi connectivity index (χ1n) is 8.87. The van der Waals surface area contributed by atoms with Crippen molar-refractivity contribution < 1.29 is 14.3 Å². The standard InChI is InChI=1S/C20H20N4O3/c21-11-16-4-6-17(7-5-16)24-14-20(27-12-19(24)25)13-23(9-10-26-15-20)18-3-1-2-8-22-18/h1-8H,9-10,12-15H2. The molecule has 2 fully saturated rings. The van der Waals surface area contributed by atoms with Crippen molar-refractivity contribution in [1.82, 2.24) is 4.98 Å². The topological polar surface area (TPSA) is 78.7 Å². The van der Waals surface area contributed by atoms with E-state index in [4.69, 9.17) is 14.7 Å². The predicted octanol–water partition coefficient (Wildman–Crippen LogP) is 1.59. The summed E-state index contributed by atoms with van der Waals surface area (Å²) in [5.41, 5.74) is 0.694. The summed E-state index contributed by atoms with van der Waals surface area (Å²) in [6, 6.07) is 14.9. The minimum absolute atomic E-state index is 0.000576. The van der Waals surface area contributed by atoms with Crippen molar-refractivity contribution in [1.29, 1.82) is 5.26 Å². The molecule has 1 amide bonds. The third-order valence-corrected chi connectivity index (χ3v) is 4.88. The lowest BCUT2D eigenvalue weighted by atomic mass is 10.0. The quantitative estimate of drug-likeness (QED) is 0.805. The van der Waals surface area contributed by atoms with Crippen LogP contribution >= 0.6 is 0 Å². The molecular weight excluding hydrogens is 344 g/mol. The van der Waals surface area contributed by atoms with Crippen LogP contribution in [0.2, 0.25) is 0 Å². The summed E-state index contributed by atoms with van der Waals surface area (Å²) < 4.78 is 11.8. The van der Waals surface area contributed by atoms with E-state index in [1.54, 1.807) is 35.4 Å². The molecule has 0 radical (unpaired) electrons. The molecule has 0 bridgehead atoms. The SMILES string of the molecule is N#Cc1ccc(N2CC3(COCCN(c4ccccn4)C3)OCC2=O)cc1. The number of benzene rings is 1. The number of aromatic nitrogens is 1. The molecule has 1 aromatic carbocycles. The fraction of sp³-hybridized carbons (Fsp3) is 0.350. The second-order valence-electron chi connectivity index (χ2n) is 6.77. The van der Waals surface area contributed by atoms with Gasteiger partial charge in [-0.15, -0.1) is 0 Å². The number of carbonyl (C=O) groups excluding carboxylic acids is 1. The summed E-state index contributed by atoms with van der Waals surface area (Å²) in [7, 11) is 0. The molecule has 27 heavy (non-hydrogen) atoms. The maximum absolute atomic E-state index is 12.5. The summed E-state index contributed by atoms with van der Waals surface area (Å²) in [5.74, 6) is 0.770. The molecule has 7 heteroatoms. The van der Waals surface area contributed by atoms with E-state index >= 15 is 0 Å². The Balaban J connectivity index is 1.59. The van der Waals surface area contributed by atoms with Gasteiger partial charge < -0.3 is 19.3 Å². The molecule has 0 N–H and O–H groups in total. The Bertz CT molecular complexity index is 850. The molecular formula is C20H20N4O3. The normalized spacial score (nSPS) is 23.1. The number of hydrogen-bond acceptors (Lipinski definition) is 6. The monoisotopic (exact) mass is 364 g/mol. The van der Waals surface area contributed by atoms with E-state index in [9.17, 15) is 4.79 Å². The molecule has 1 aromatic heterocycles. The Hall–Kier alpha value is -2.95. The number of pyridine rings is 1. The van der Waals surface area contributed by atoms with Crippen LogP contribution in [0.3, 0.4) is 0 Å². The second-order valence-corrected chi connectivity index (χ2v) is 6.77. The van der Waals surface area contributed by atoms with Crippen LogP contribution in [0.25, 0.3) is 0 Å². The zero-order chi connectivity index (χ0) is 18.7. The van der Waals surface area contributed by atoms with Gasteiger partial charge in [0, 0.05) is 18.4 Å². The first-order valence-corrected chi connectivity index (χ1v) is 8.87. The minimum Gasteiger partial charge on any atom is -0.376 e. The zero-order valence-corrected chi connectivity index (χ0v) is 14.9. The second kappa shape index (κ2) is 7.35. The van der Waals surface area contributed by atoms with Gasteiger partial charge in [-0.05, 0) is 36.4 Å². The van der Waals surface area contributed by atoms with Crippen LogP contribution in [-0.4, -0.2) is 55.9 Å². The van der Waals surface area contributed by atoms with Crippen molar-refractivity contribution >= 4 is 17.4 Å². The number of anilines is 2. The summed E-state index contributed by atoms with van der Waals surface area (Å²) >= 11 is 0. The van der Waals surface area contributed by atoms with Gasteiger partial charge >= 0.3 is 0 Å². The lowest BCUT2D eigenvalue weighted by Gasteiger charge is -2.43. The maximum atomic E-state index is 12.5. The number of nitriles is 1. The Morgan fingerprint density at radius 2 is 2.00 bits per heavy atom. The van der Waals surface area contributed by atoms with Crippen molar-refractivity contribution in [3.05, 3.63) is 54.2 Å². The molecule has 1 spiro atoms. The molecule has 1 atom stereocenters. The lowest BCUT2D eigenvalue weighted by molar-refractivity contribution is -0.143. The van der Waals surface area contributed by atoms with E-state index in [0.29, 0.717) is 38.4 Å². The molecule has 0 saturated carbocycles. The highest BCUT2D eigenvalue weighted by Crippen LogP contribution is 2.28. The Morgan fingerprint density at radius 1 is 1.15 bits per heavy atom. The highest BCUT2D eigenvalue weighted by Gasteiger charge is 2.43. The fourth-order valence-corrected chi connectivity index (χ4v) is 3.49. The number of carbonyl (C=O) groups is 1. The average Bonchev–Trinajstić information content (AvgIpc) is 2.94. The molecule has 2 aromatic rings. The molecule has 2 saturated heterocycles. The van der Waals surface area contributed by atoms with E-state index in [0.717, 1.165) is 11.5 Å².